The maximum atomic E-state index is 13.7. The van der Waals surface area contributed by atoms with Gasteiger partial charge in [0.25, 0.3) is 0 Å². The fourth-order valence-corrected chi connectivity index (χ4v) is 3.61. The Labute approximate surface area is 171 Å². The van der Waals surface area contributed by atoms with E-state index in [0.29, 0.717) is 36.2 Å². The highest BCUT2D eigenvalue weighted by molar-refractivity contribution is 9.10. The van der Waals surface area contributed by atoms with Gasteiger partial charge in [-0.2, -0.15) is 26.3 Å². The molecule has 0 aliphatic carbocycles. The van der Waals surface area contributed by atoms with E-state index in [2.05, 4.69) is 20.9 Å². The van der Waals surface area contributed by atoms with Crippen LogP contribution >= 0.6 is 15.9 Å². The molecule has 0 unspecified atom stereocenters. The van der Waals surface area contributed by atoms with Crippen molar-refractivity contribution in [1.82, 2.24) is 4.98 Å². The summed E-state index contributed by atoms with van der Waals surface area (Å²) < 4.78 is 81.5. The van der Waals surface area contributed by atoms with Crippen LogP contribution in [0.15, 0.2) is 40.9 Å². The van der Waals surface area contributed by atoms with Gasteiger partial charge in [-0.3, -0.25) is 0 Å². The van der Waals surface area contributed by atoms with E-state index in [4.69, 9.17) is 5.73 Å². The van der Waals surface area contributed by atoms with Crippen molar-refractivity contribution in [2.24, 2.45) is 5.73 Å². The minimum Gasteiger partial charge on any atom is -0.354 e. The predicted molar refractivity (Wildman–Crippen MR) is 103 cm³/mol. The monoisotopic (exact) mass is 478 g/mol. The van der Waals surface area contributed by atoms with Crippen LogP contribution in [0.2, 0.25) is 0 Å². The zero-order valence-corrected chi connectivity index (χ0v) is 16.6. The largest absolute Gasteiger partial charge is 0.417 e. The Morgan fingerprint density at radius 2 is 1.55 bits per heavy atom. The molecule has 2 aromatic carbocycles. The number of benzene rings is 2. The van der Waals surface area contributed by atoms with Crippen LogP contribution in [0.3, 0.4) is 0 Å². The summed E-state index contributed by atoms with van der Waals surface area (Å²) in [5.74, 6) is 0. The SMILES string of the molecule is NCCCCc1c(-c2ccc(Br)cc2)[nH]c2cc(C(F)(F)F)cc(C(F)(F)F)c12. The summed E-state index contributed by atoms with van der Waals surface area (Å²) in [6.07, 6.45) is -8.45. The van der Waals surface area contributed by atoms with E-state index in [-0.39, 0.29) is 23.4 Å². The smallest absolute Gasteiger partial charge is 0.354 e. The quantitative estimate of drug-likeness (QED) is 0.303. The number of unbranched alkanes of at least 4 members (excludes halogenated alkanes) is 1. The molecule has 1 aromatic heterocycles. The van der Waals surface area contributed by atoms with E-state index in [1.165, 1.54) is 0 Å². The molecule has 3 aromatic rings. The molecular formula is C20H17BrF6N2. The molecule has 0 aliphatic rings. The van der Waals surface area contributed by atoms with Gasteiger partial charge in [-0.05, 0) is 61.2 Å². The standard InChI is InChI=1S/C20H17BrF6N2/c21-13-6-4-11(5-7-13)18-14(3-1-2-8-28)17-15(20(25,26)27)9-12(19(22,23)24)10-16(17)29-18/h4-7,9-10,29H,1-3,8,28H2. The van der Waals surface area contributed by atoms with Gasteiger partial charge in [-0.25, -0.2) is 0 Å². The van der Waals surface area contributed by atoms with Crippen LogP contribution in [-0.4, -0.2) is 11.5 Å². The molecule has 3 N–H and O–H groups in total. The number of fused-ring (bicyclic) bond motifs is 1. The Morgan fingerprint density at radius 3 is 2.10 bits per heavy atom. The van der Waals surface area contributed by atoms with Crippen LogP contribution in [0.5, 0.6) is 0 Å². The number of halogens is 7. The van der Waals surface area contributed by atoms with Gasteiger partial charge in [0.1, 0.15) is 0 Å². The van der Waals surface area contributed by atoms with Crippen LogP contribution in [0.4, 0.5) is 26.3 Å². The number of rotatable bonds is 5. The Balaban J connectivity index is 2.32. The average Bonchev–Trinajstić information content (AvgIpc) is 2.99. The van der Waals surface area contributed by atoms with Crippen molar-refractivity contribution in [3.8, 4) is 11.3 Å². The molecule has 1 heterocycles. The molecule has 3 rings (SSSR count). The number of H-pyrrole nitrogens is 1. The zero-order chi connectivity index (χ0) is 21.4. The summed E-state index contributed by atoms with van der Waals surface area (Å²) in [6, 6.07) is 7.75. The van der Waals surface area contributed by atoms with Crippen LogP contribution < -0.4 is 5.73 Å². The molecule has 9 heteroatoms. The number of nitrogens with two attached hydrogens (primary N) is 1. The topological polar surface area (TPSA) is 41.8 Å². The van der Waals surface area contributed by atoms with Gasteiger partial charge >= 0.3 is 12.4 Å². The highest BCUT2D eigenvalue weighted by Crippen LogP contribution is 2.43. The van der Waals surface area contributed by atoms with Gasteiger partial charge in [0.05, 0.1) is 11.1 Å². The van der Waals surface area contributed by atoms with Gasteiger partial charge in [-0.1, -0.05) is 28.1 Å². The van der Waals surface area contributed by atoms with Crippen molar-refractivity contribution in [2.45, 2.75) is 31.6 Å². The average molecular weight is 479 g/mol. The van der Waals surface area contributed by atoms with Crippen molar-refractivity contribution in [2.75, 3.05) is 6.54 Å². The second-order valence-corrected chi connectivity index (χ2v) is 7.59. The minimum atomic E-state index is -4.93. The Bertz CT molecular complexity index is 1000. The first-order chi connectivity index (χ1) is 13.5. The lowest BCUT2D eigenvalue weighted by Crippen LogP contribution is -2.11. The van der Waals surface area contributed by atoms with Gasteiger partial charge < -0.3 is 10.7 Å². The minimum absolute atomic E-state index is 0.187. The molecule has 0 bridgehead atoms. The number of hydrogen-bond donors (Lipinski definition) is 2. The molecule has 0 saturated heterocycles. The van der Waals surface area contributed by atoms with E-state index < -0.39 is 23.5 Å². The highest BCUT2D eigenvalue weighted by Gasteiger charge is 2.39. The lowest BCUT2D eigenvalue weighted by Gasteiger charge is -2.14. The first-order valence-corrected chi connectivity index (χ1v) is 9.60. The lowest BCUT2D eigenvalue weighted by molar-refractivity contribution is -0.142. The summed E-state index contributed by atoms with van der Waals surface area (Å²) in [6.45, 7) is 0.375. The van der Waals surface area contributed by atoms with Crippen LogP contribution in [0.25, 0.3) is 22.2 Å². The molecular weight excluding hydrogens is 462 g/mol. The Kier molecular flexibility index (Phi) is 6.01. The van der Waals surface area contributed by atoms with E-state index >= 15 is 0 Å². The zero-order valence-electron chi connectivity index (χ0n) is 15.0. The fraction of sp³-hybridized carbons (Fsp3) is 0.300. The van der Waals surface area contributed by atoms with Crippen molar-refractivity contribution in [3.63, 3.8) is 0 Å². The van der Waals surface area contributed by atoms with Gasteiger partial charge in [-0.15, -0.1) is 0 Å². The molecule has 29 heavy (non-hydrogen) atoms. The molecule has 0 atom stereocenters. The number of nitrogens with one attached hydrogen (secondary N) is 1. The molecule has 0 aliphatic heterocycles. The fourth-order valence-electron chi connectivity index (χ4n) is 3.35. The summed E-state index contributed by atoms with van der Waals surface area (Å²) in [4.78, 5) is 2.81. The number of hydrogen-bond acceptors (Lipinski definition) is 1. The Hall–Kier alpha value is -2.00. The van der Waals surface area contributed by atoms with Crippen LogP contribution in [0.1, 0.15) is 29.5 Å². The second kappa shape index (κ2) is 8.02. The van der Waals surface area contributed by atoms with Crippen molar-refractivity contribution >= 4 is 26.8 Å². The maximum Gasteiger partial charge on any atom is 0.417 e. The van der Waals surface area contributed by atoms with Gasteiger partial charge in [0.2, 0.25) is 0 Å². The lowest BCUT2D eigenvalue weighted by atomic mass is 9.96. The molecule has 2 nitrogen and oxygen atoms in total. The second-order valence-electron chi connectivity index (χ2n) is 6.67. The molecule has 0 saturated carbocycles. The first-order valence-electron chi connectivity index (χ1n) is 8.81. The molecule has 156 valence electrons. The van der Waals surface area contributed by atoms with E-state index in [1.54, 1.807) is 24.3 Å². The molecule has 0 radical (unpaired) electrons. The van der Waals surface area contributed by atoms with Crippen LogP contribution in [-0.2, 0) is 18.8 Å². The van der Waals surface area contributed by atoms with Crippen molar-refractivity contribution in [1.29, 1.82) is 0 Å². The number of aromatic nitrogens is 1. The van der Waals surface area contributed by atoms with Crippen molar-refractivity contribution < 1.29 is 26.3 Å². The van der Waals surface area contributed by atoms with Gasteiger partial charge in [0.15, 0.2) is 0 Å². The van der Waals surface area contributed by atoms with Crippen molar-refractivity contribution in [3.05, 3.63) is 57.6 Å². The highest BCUT2D eigenvalue weighted by atomic mass is 79.9. The third-order valence-corrected chi connectivity index (χ3v) is 5.18. The summed E-state index contributed by atoms with van der Waals surface area (Å²) in [5, 5.41) is -0.222. The molecule has 0 spiro atoms. The number of aryl methyl sites for hydroxylation is 1. The van der Waals surface area contributed by atoms with E-state index in [9.17, 15) is 26.3 Å². The number of alkyl halides is 6. The summed E-state index contributed by atoms with van der Waals surface area (Å²) in [7, 11) is 0. The maximum absolute atomic E-state index is 13.7. The number of aromatic amines is 1. The van der Waals surface area contributed by atoms with Gasteiger partial charge in [0, 0.05) is 21.1 Å². The normalized spacial score (nSPS) is 12.7. The summed E-state index contributed by atoms with van der Waals surface area (Å²) >= 11 is 3.29. The first kappa shape index (κ1) is 21.7. The molecule has 0 fully saturated rings. The third-order valence-electron chi connectivity index (χ3n) is 4.65. The predicted octanol–water partition coefficient (Wildman–Crippen LogP) is 6.92. The van der Waals surface area contributed by atoms with E-state index in [0.717, 1.165) is 10.5 Å². The summed E-state index contributed by atoms with van der Waals surface area (Å²) in [5.41, 5.74) is 4.00. The third kappa shape index (κ3) is 4.61. The van der Waals surface area contributed by atoms with Crippen LogP contribution in [0, 0.1) is 0 Å². The van der Waals surface area contributed by atoms with E-state index in [1.807, 2.05) is 0 Å². The molecule has 0 amide bonds. The Morgan fingerprint density at radius 1 is 0.897 bits per heavy atom.